The van der Waals surface area contributed by atoms with Crippen molar-refractivity contribution in [3.8, 4) is 0 Å². The molecule has 7 heteroatoms. The molecule has 3 heterocycles. The third kappa shape index (κ3) is 3.73. The van der Waals surface area contributed by atoms with E-state index >= 15 is 0 Å². The average molecular weight is 316 g/mol. The van der Waals surface area contributed by atoms with Crippen LogP contribution in [-0.2, 0) is 30.9 Å². The van der Waals surface area contributed by atoms with Crippen molar-refractivity contribution < 1.29 is 4.74 Å². The summed E-state index contributed by atoms with van der Waals surface area (Å²) >= 11 is 0. The topological polar surface area (TPSA) is 69.0 Å². The third-order valence-corrected chi connectivity index (χ3v) is 4.22. The minimum Gasteiger partial charge on any atom is -0.374 e. The Bertz CT molecular complexity index is 656. The smallest absolute Gasteiger partial charge is 0.159 e. The van der Waals surface area contributed by atoms with Crippen molar-refractivity contribution in [1.82, 2.24) is 29.6 Å². The van der Waals surface area contributed by atoms with Gasteiger partial charge in [0.2, 0.25) is 0 Å². The molecule has 2 aromatic rings. The highest BCUT2D eigenvalue weighted by Gasteiger charge is 2.24. The monoisotopic (exact) mass is 316 g/mol. The van der Waals surface area contributed by atoms with Crippen molar-refractivity contribution in [2.75, 3.05) is 13.2 Å². The number of aromatic nitrogens is 5. The first-order valence-corrected chi connectivity index (χ1v) is 8.17. The summed E-state index contributed by atoms with van der Waals surface area (Å²) in [7, 11) is 0. The molecule has 0 saturated carbocycles. The maximum absolute atomic E-state index is 5.49. The van der Waals surface area contributed by atoms with Gasteiger partial charge in [0.15, 0.2) is 5.82 Å². The molecule has 3 rings (SSSR count). The van der Waals surface area contributed by atoms with Crippen LogP contribution in [0.2, 0.25) is 0 Å². The molecule has 2 aromatic heterocycles. The summed E-state index contributed by atoms with van der Waals surface area (Å²) in [5.74, 6) is 1.97. The maximum atomic E-state index is 5.49. The van der Waals surface area contributed by atoms with Crippen LogP contribution in [0.15, 0.2) is 12.4 Å². The van der Waals surface area contributed by atoms with Crippen molar-refractivity contribution in [2.45, 2.75) is 52.9 Å². The van der Waals surface area contributed by atoms with E-state index in [0.29, 0.717) is 19.3 Å². The predicted octanol–water partition coefficient (Wildman–Crippen LogP) is 1.36. The Hall–Kier alpha value is -1.86. The number of hydrogen-bond acceptors (Lipinski definition) is 6. The maximum Gasteiger partial charge on any atom is 0.159 e. The molecule has 0 spiro atoms. The molecule has 0 bridgehead atoms. The number of ether oxygens (including phenoxy) is 1. The van der Waals surface area contributed by atoms with Gasteiger partial charge in [-0.2, -0.15) is 0 Å². The summed E-state index contributed by atoms with van der Waals surface area (Å²) < 4.78 is 7.69. The lowest BCUT2D eigenvalue weighted by molar-refractivity contribution is 0.124. The Morgan fingerprint density at radius 1 is 1.26 bits per heavy atom. The highest BCUT2D eigenvalue weighted by atomic mass is 16.5. The van der Waals surface area contributed by atoms with Crippen LogP contribution in [-0.4, -0.2) is 48.8 Å². The largest absolute Gasteiger partial charge is 0.374 e. The molecule has 23 heavy (non-hydrogen) atoms. The van der Waals surface area contributed by atoms with Crippen LogP contribution < -0.4 is 0 Å². The van der Waals surface area contributed by atoms with E-state index in [0.717, 1.165) is 49.1 Å². The van der Waals surface area contributed by atoms with E-state index in [1.807, 2.05) is 20.0 Å². The summed E-state index contributed by atoms with van der Waals surface area (Å²) in [4.78, 5) is 11.2. The van der Waals surface area contributed by atoms with Crippen LogP contribution in [0.1, 0.15) is 36.9 Å². The van der Waals surface area contributed by atoms with Gasteiger partial charge >= 0.3 is 0 Å². The van der Waals surface area contributed by atoms with Crippen LogP contribution in [0.4, 0.5) is 0 Å². The van der Waals surface area contributed by atoms with Crippen molar-refractivity contribution >= 4 is 0 Å². The quantitative estimate of drug-likeness (QED) is 0.829. The van der Waals surface area contributed by atoms with Gasteiger partial charge in [-0.15, -0.1) is 10.2 Å². The highest BCUT2D eigenvalue weighted by molar-refractivity contribution is 5.04. The minimum atomic E-state index is 0.391. The van der Waals surface area contributed by atoms with Crippen LogP contribution in [0.5, 0.6) is 0 Å². The van der Waals surface area contributed by atoms with Crippen LogP contribution in [0, 0.1) is 6.92 Å². The first kappa shape index (κ1) is 16.0. The van der Waals surface area contributed by atoms with Crippen molar-refractivity contribution in [1.29, 1.82) is 0 Å². The lowest BCUT2D eigenvalue weighted by Gasteiger charge is -2.25. The van der Waals surface area contributed by atoms with Crippen LogP contribution in [0.25, 0.3) is 0 Å². The Balaban J connectivity index is 1.71. The number of nitrogens with zero attached hydrogens (tertiary/aromatic N) is 6. The van der Waals surface area contributed by atoms with Crippen molar-refractivity contribution in [3.05, 3.63) is 35.4 Å². The second-order valence-corrected chi connectivity index (χ2v) is 6.00. The summed E-state index contributed by atoms with van der Waals surface area (Å²) in [6.07, 6.45) is 4.53. The molecular formula is C16H24N6O. The molecule has 0 saturated heterocycles. The second-order valence-electron chi connectivity index (χ2n) is 6.00. The van der Waals surface area contributed by atoms with Gasteiger partial charge in [0.25, 0.3) is 0 Å². The molecular weight excluding hydrogens is 292 g/mol. The zero-order valence-corrected chi connectivity index (χ0v) is 14.1. The van der Waals surface area contributed by atoms with E-state index in [-0.39, 0.29) is 0 Å². The predicted molar refractivity (Wildman–Crippen MR) is 85.7 cm³/mol. The van der Waals surface area contributed by atoms with E-state index in [1.54, 1.807) is 6.20 Å². The zero-order chi connectivity index (χ0) is 16.2. The molecule has 1 unspecified atom stereocenters. The summed E-state index contributed by atoms with van der Waals surface area (Å²) in [5.41, 5.74) is 1.98. The summed E-state index contributed by atoms with van der Waals surface area (Å²) in [6.45, 7) is 10.1. The lowest BCUT2D eigenvalue weighted by Crippen LogP contribution is -2.34. The Kier molecular flexibility index (Phi) is 4.97. The number of hydrogen-bond donors (Lipinski definition) is 0. The van der Waals surface area contributed by atoms with E-state index in [9.17, 15) is 0 Å². The molecule has 124 valence electrons. The molecule has 1 aliphatic rings. The molecule has 0 aliphatic carbocycles. The fourth-order valence-corrected chi connectivity index (χ4v) is 2.96. The lowest BCUT2D eigenvalue weighted by atomic mass is 10.2. The minimum absolute atomic E-state index is 0.391. The van der Waals surface area contributed by atoms with Gasteiger partial charge in [0, 0.05) is 51.1 Å². The fraction of sp³-hybridized carbons (Fsp3) is 0.625. The van der Waals surface area contributed by atoms with Gasteiger partial charge in [-0.05, 0) is 20.8 Å². The van der Waals surface area contributed by atoms with Crippen molar-refractivity contribution in [3.63, 3.8) is 0 Å². The molecule has 0 N–H and O–H groups in total. The van der Waals surface area contributed by atoms with Crippen molar-refractivity contribution in [2.24, 2.45) is 0 Å². The summed E-state index contributed by atoms with van der Waals surface area (Å²) in [5, 5.41) is 8.63. The fourth-order valence-electron chi connectivity index (χ4n) is 2.96. The molecule has 0 radical (unpaired) electrons. The standard InChI is InChI=1S/C16H24N6O/c1-4-23-11-16-20-19-15-7-13(3)21(5-6-22(15)16)10-14-9-17-8-12(2)18-14/h8-9,13H,4-7,10-11H2,1-3H3. The van der Waals surface area contributed by atoms with E-state index in [2.05, 4.69) is 36.6 Å². The number of rotatable bonds is 5. The average Bonchev–Trinajstić information content (AvgIpc) is 2.83. The van der Waals surface area contributed by atoms with Gasteiger partial charge in [-0.3, -0.25) is 14.9 Å². The number of aryl methyl sites for hydroxylation is 1. The molecule has 0 amide bonds. The Labute approximate surface area is 136 Å². The first-order valence-electron chi connectivity index (χ1n) is 8.17. The van der Waals surface area contributed by atoms with E-state index in [4.69, 9.17) is 4.74 Å². The SMILES string of the molecule is CCOCc1nnc2n1CCN(Cc1cncc(C)n1)C(C)C2. The Morgan fingerprint density at radius 2 is 2.13 bits per heavy atom. The van der Waals surface area contributed by atoms with Gasteiger partial charge in [0.1, 0.15) is 12.4 Å². The molecule has 1 atom stereocenters. The van der Waals surface area contributed by atoms with E-state index < -0.39 is 0 Å². The van der Waals surface area contributed by atoms with Gasteiger partial charge in [0.05, 0.1) is 11.4 Å². The zero-order valence-electron chi connectivity index (χ0n) is 14.1. The van der Waals surface area contributed by atoms with Crippen LogP contribution >= 0.6 is 0 Å². The molecule has 7 nitrogen and oxygen atoms in total. The van der Waals surface area contributed by atoms with Gasteiger partial charge in [-0.1, -0.05) is 0 Å². The Morgan fingerprint density at radius 3 is 2.91 bits per heavy atom. The highest BCUT2D eigenvalue weighted by Crippen LogP contribution is 2.17. The second kappa shape index (κ2) is 7.14. The molecule has 1 aliphatic heterocycles. The van der Waals surface area contributed by atoms with Crippen LogP contribution in [0.3, 0.4) is 0 Å². The summed E-state index contributed by atoms with van der Waals surface area (Å²) in [6, 6.07) is 0.391. The van der Waals surface area contributed by atoms with E-state index in [1.165, 1.54) is 0 Å². The third-order valence-electron chi connectivity index (χ3n) is 4.22. The molecule has 0 aromatic carbocycles. The van der Waals surface area contributed by atoms with Gasteiger partial charge < -0.3 is 9.30 Å². The molecule has 0 fully saturated rings. The number of fused-ring (bicyclic) bond motifs is 1. The normalized spacial score (nSPS) is 18.7. The first-order chi connectivity index (χ1) is 11.2. The van der Waals surface area contributed by atoms with Gasteiger partial charge in [-0.25, -0.2) is 0 Å².